The van der Waals surface area contributed by atoms with Gasteiger partial charge in [-0.25, -0.2) is 0 Å². The molecular formula is C15H24N2O. The summed E-state index contributed by atoms with van der Waals surface area (Å²) in [6.45, 7) is 7.45. The monoisotopic (exact) mass is 248 g/mol. The van der Waals surface area contributed by atoms with Gasteiger partial charge in [-0.2, -0.15) is 0 Å². The van der Waals surface area contributed by atoms with Crippen molar-refractivity contribution in [1.29, 1.82) is 0 Å². The standard InChI is InChI=1S/C15H24N2O/c1-12(2)18-15-7-3-6-14(9-15)17-11-13-5-4-8-16-10-13/h3,6-7,9,12-13,16-17H,4-5,8,10-11H2,1-2H3. The van der Waals surface area contributed by atoms with E-state index in [-0.39, 0.29) is 6.10 Å². The summed E-state index contributed by atoms with van der Waals surface area (Å²) >= 11 is 0. The van der Waals surface area contributed by atoms with Gasteiger partial charge in [0.1, 0.15) is 5.75 Å². The van der Waals surface area contributed by atoms with Gasteiger partial charge in [0, 0.05) is 18.3 Å². The first-order valence-corrected chi connectivity index (χ1v) is 6.95. The van der Waals surface area contributed by atoms with Crippen LogP contribution >= 0.6 is 0 Å². The highest BCUT2D eigenvalue weighted by Crippen LogP contribution is 2.19. The van der Waals surface area contributed by atoms with Crippen LogP contribution in [0.3, 0.4) is 0 Å². The van der Waals surface area contributed by atoms with Crippen LogP contribution in [0.4, 0.5) is 5.69 Å². The molecule has 3 heteroatoms. The fourth-order valence-corrected chi connectivity index (χ4v) is 2.31. The Morgan fingerprint density at radius 3 is 3.06 bits per heavy atom. The van der Waals surface area contributed by atoms with Crippen molar-refractivity contribution >= 4 is 5.69 Å². The van der Waals surface area contributed by atoms with E-state index in [1.807, 2.05) is 26.0 Å². The largest absolute Gasteiger partial charge is 0.491 e. The molecule has 1 heterocycles. The fraction of sp³-hybridized carbons (Fsp3) is 0.600. The third-order valence-electron chi connectivity index (χ3n) is 3.20. The Hall–Kier alpha value is -1.22. The number of anilines is 1. The Bertz CT molecular complexity index is 359. The van der Waals surface area contributed by atoms with E-state index in [1.165, 1.54) is 19.4 Å². The van der Waals surface area contributed by atoms with Crippen molar-refractivity contribution < 1.29 is 4.74 Å². The summed E-state index contributed by atoms with van der Waals surface area (Å²) in [5, 5.41) is 6.95. The van der Waals surface area contributed by atoms with Crippen LogP contribution in [0.25, 0.3) is 0 Å². The number of benzene rings is 1. The quantitative estimate of drug-likeness (QED) is 0.840. The summed E-state index contributed by atoms with van der Waals surface area (Å²) in [5.74, 6) is 1.69. The van der Waals surface area contributed by atoms with Crippen molar-refractivity contribution in [2.75, 3.05) is 25.0 Å². The molecule has 1 aliphatic rings. The van der Waals surface area contributed by atoms with Gasteiger partial charge in [0.05, 0.1) is 6.10 Å². The lowest BCUT2D eigenvalue weighted by atomic mass is 10.00. The van der Waals surface area contributed by atoms with E-state index < -0.39 is 0 Å². The third kappa shape index (κ3) is 4.22. The topological polar surface area (TPSA) is 33.3 Å². The van der Waals surface area contributed by atoms with Crippen molar-refractivity contribution in [2.45, 2.75) is 32.8 Å². The van der Waals surface area contributed by atoms with Gasteiger partial charge in [0.2, 0.25) is 0 Å². The first-order valence-electron chi connectivity index (χ1n) is 6.95. The molecule has 0 bridgehead atoms. The average Bonchev–Trinajstić information content (AvgIpc) is 2.37. The van der Waals surface area contributed by atoms with Crippen LogP contribution in [0, 0.1) is 5.92 Å². The molecular weight excluding hydrogens is 224 g/mol. The van der Waals surface area contributed by atoms with Crippen molar-refractivity contribution in [2.24, 2.45) is 5.92 Å². The molecule has 1 saturated heterocycles. The van der Waals surface area contributed by atoms with E-state index in [0.717, 1.165) is 30.4 Å². The molecule has 1 fully saturated rings. The minimum absolute atomic E-state index is 0.225. The highest BCUT2D eigenvalue weighted by Gasteiger charge is 2.12. The Kier molecular flexibility index (Phi) is 4.88. The van der Waals surface area contributed by atoms with Crippen LogP contribution in [0.2, 0.25) is 0 Å². The number of hydrogen-bond acceptors (Lipinski definition) is 3. The zero-order chi connectivity index (χ0) is 12.8. The molecule has 0 amide bonds. The molecule has 0 spiro atoms. The molecule has 1 atom stereocenters. The summed E-state index contributed by atoms with van der Waals surface area (Å²) in [7, 11) is 0. The normalized spacial score (nSPS) is 19.8. The molecule has 0 aromatic heterocycles. The maximum Gasteiger partial charge on any atom is 0.121 e. The Morgan fingerprint density at radius 2 is 2.33 bits per heavy atom. The van der Waals surface area contributed by atoms with E-state index in [4.69, 9.17) is 4.74 Å². The second kappa shape index (κ2) is 6.64. The minimum Gasteiger partial charge on any atom is -0.491 e. The van der Waals surface area contributed by atoms with Gasteiger partial charge >= 0.3 is 0 Å². The van der Waals surface area contributed by atoms with Crippen LogP contribution < -0.4 is 15.4 Å². The highest BCUT2D eigenvalue weighted by atomic mass is 16.5. The van der Waals surface area contributed by atoms with Gasteiger partial charge in [-0.05, 0) is 57.8 Å². The van der Waals surface area contributed by atoms with Crippen molar-refractivity contribution in [3.8, 4) is 5.75 Å². The van der Waals surface area contributed by atoms with Gasteiger partial charge in [-0.15, -0.1) is 0 Å². The predicted molar refractivity (Wildman–Crippen MR) is 76.3 cm³/mol. The molecule has 1 unspecified atom stereocenters. The molecule has 18 heavy (non-hydrogen) atoms. The first-order chi connectivity index (χ1) is 8.74. The number of rotatable bonds is 5. The van der Waals surface area contributed by atoms with E-state index in [2.05, 4.69) is 22.8 Å². The predicted octanol–water partition coefficient (Wildman–Crippen LogP) is 2.89. The first kappa shape index (κ1) is 13.2. The van der Waals surface area contributed by atoms with Crippen LogP contribution in [0.5, 0.6) is 5.75 Å². The third-order valence-corrected chi connectivity index (χ3v) is 3.20. The van der Waals surface area contributed by atoms with Crippen LogP contribution in [-0.2, 0) is 0 Å². The lowest BCUT2D eigenvalue weighted by molar-refractivity contribution is 0.242. The molecule has 1 aromatic rings. The van der Waals surface area contributed by atoms with Crippen LogP contribution in [0.1, 0.15) is 26.7 Å². The minimum atomic E-state index is 0.225. The van der Waals surface area contributed by atoms with Crippen LogP contribution in [-0.4, -0.2) is 25.7 Å². The second-order valence-electron chi connectivity index (χ2n) is 5.29. The van der Waals surface area contributed by atoms with Crippen molar-refractivity contribution in [3.05, 3.63) is 24.3 Å². The molecule has 0 saturated carbocycles. The molecule has 3 nitrogen and oxygen atoms in total. The summed E-state index contributed by atoms with van der Waals surface area (Å²) in [5.41, 5.74) is 1.15. The Labute approximate surface area is 110 Å². The van der Waals surface area contributed by atoms with Crippen molar-refractivity contribution in [3.63, 3.8) is 0 Å². The molecule has 2 rings (SSSR count). The zero-order valence-corrected chi connectivity index (χ0v) is 11.4. The number of nitrogens with one attached hydrogen (secondary N) is 2. The maximum atomic E-state index is 5.69. The maximum absolute atomic E-state index is 5.69. The van der Waals surface area contributed by atoms with Gasteiger partial charge in [-0.3, -0.25) is 0 Å². The van der Waals surface area contributed by atoms with Gasteiger partial charge in [0.25, 0.3) is 0 Å². The molecule has 0 radical (unpaired) electrons. The van der Waals surface area contributed by atoms with E-state index in [0.29, 0.717) is 0 Å². The van der Waals surface area contributed by atoms with Gasteiger partial charge in [-0.1, -0.05) is 6.07 Å². The SMILES string of the molecule is CC(C)Oc1cccc(NCC2CCCNC2)c1. The van der Waals surface area contributed by atoms with E-state index in [1.54, 1.807) is 0 Å². The number of hydrogen-bond donors (Lipinski definition) is 2. The van der Waals surface area contributed by atoms with Gasteiger partial charge in [0.15, 0.2) is 0 Å². The molecule has 0 aliphatic carbocycles. The second-order valence-corrected chi connectivity index (χ2v) is 5.29. The Balaban J connectivity index is 1.84. The number of piperidine rings is 1. The molecule has 100 valence electrons. The summed E-state index contributed by atoms with van der Waals surface area (Å²) in [4.78, 5) is 0. The highest BCUT2D eigenvalue weighted by molar-refractivity contribution is 5.48. The fourth-order valence-electron chi connectivity index (χ4n) is 2.31. The smallest absolute Gasteiger partial charge is 0.121 e. The molecule has 1 aromatic carbocycles. The lowest BCUT2D eigenvalue weighted by Gasteiger charge is -2.23. The zero-order valence-electron chi connectivity index (χ0n) is 11.4. The molecule has 2 N–H and O–H groups in total. The summed E-state index contributed by atoms with van der Waals surface area (Å²) in [6, 6.07) is 8.23. The molecule has 1 aliphatic heterocycles. The van der Waals surface area contributed by atoms with E-state index >= 15 is 0 Å². The average molecular weight is 248 g/mol. The van der Waals surface area contributed by atoms with Crippen molar-refractivity contribution in [1.82, 2.24) is 5.32 Å². The number of ether oxygens (including phenoxy) is 1. The Morgan fingerprint density at radius 1 is 1.44 bits per heavy atom. The van der Waals surface area contributed by atoms with Gasteiger partial charge < -0.3 is 15.4 Å². The van der Waals surface area contributed by atoms with Crippen LogP contribution in [0.15, 0.2) is 24.3 Å². The lowest BCUT2D eigenvalue weighted by Crippen LogP contribution is -2.33. The summed E-state index contributed by atoms with van der Waals surface area (Å²) in [6.07, 6.45) is 2.84. The van der Waals surface area contributed by atoms with E-state index in [9.17, 15) is 0 Å². The summed E-state index contributed by atoms with van der Waals surface area (Å²) < 4.78 is 5.69.